The van der Waals surface area contributed by atoms with Crippen LogP contribution >= 0.6 is 0 Å². The minimum absolute atomic E-state index is 0.835. The summed E-state index contributed by atoms with van der Waals surface area (Å²) in [5.41, 5.74) is 3.39. The van der Waals surface area contributed by atoms with E-state index in [-0.39, 0.29) is 0 Å². The zero-order valence-corrected chi connectivity index (χ0v) is 12.6. The third-order valence-corrected chi connectivity index (χ3v) is 4.28. The summed E-state index contributed by atoms with van der Waals surface area (Å²) in [7, 11) is 0. The first-order valence-corrected chi connectivity index (χ1v) is 7.88. The van der Waals surface area contributed by atoms with Crippen LogP contribution in [0.25, 0.3) is 6.08 Å². The number of aliphatic carboxylic acids is 1. The van der Waals surface area contributed by atoms with E-state index in [0.29, 0.717) is 0 Å². The Balaban J connectivity index is 1.86. The van der Waals surface area contributed by atoms with Gasteiger partial charge in [0.15, 0.2) is 0 Å². The summed E-state index contributed by atoms with van der Waals surface area (Å²) in [5.74, 6) is 0.779. The van der Waals surface area contributed by atoms with Crippen molar-refractivity contribution in [3.63, 3.8) is 0 Å². The number of hydrogen-bond acceptors (Lipinski definition) is 2. The number of rotatable bonds is 7. The average molecular weight is 285 g/mol. The van der Waals surface area contributed by atoms with Crippen LogP contribution in [0.4, 0.5) is 5.69 Å². The minimum atomic E-state index is -0.890. The molecule has 3 heteroatoms. The van der Waals surface area contributed by atoms with E-state index in [1.165, 1.54) is 43.0 Å². The van der Waals surface area contributed by atoms with Gasteiger partial charge in [0.25, 0.3) is 0 Å². The maximum atomic E-state index is 10.8. The second kappa shape index (κ2) is 5.92. The molecule has 0 unspecified atom stereocenters. The van der Waals surface area contributed by atoms with Crippen molar-refractivity contribution < 1.29 is 9.90 Å². The van der Waals surface area contributed by atoms with Crippen molar-refractivity contribution in [2.45, 2.75) is 32.6 Å². The molecule has 0 atom stereocenters. The van der Waals surface area contributed by atoms with Crippen LogP contribution in [0.15, 0.2) is 24.3 Å². The number of hydrogen-bond donors (Lipinski definition) is 1. The molecule has 3 rings (SSSR count). The second-order valence-electron chi connectivity index (χ2n) is 6.53. The fraction of sp³-hybridized carbons (Fsp3) is 0.500. The predicted molar refractivity (Wildman–Crippen MR) is 85.5 cm³/mol. The van der Waals surface area contributed by atoms with Gasteiger partial charge in [-0.05, 0) is 68.2 Å². The first-order chi connectivity index (χ1) is 10.1. The van der Waals surface area contributed by atoms with E-state index in [4.69, 9.17) is 5.11 Å². The molecule has 0 saturated heterocycles. The average Bonchev–Trinajstić information content (AvgIpc) is 3.31. The monoisotopic (exact) mass is 285 g/mol. The molecule has 2 aliphatic rings. The van der Waals surface area contributed by atoms with Gasteiger partial charge in [-0.2, -0.15) is 0 Å². The predicted octanol–water partition coefficient (Wildman–Crippen LogP) is 3.72. The normalized spacial score (nSPS) is 18.1. The molecule has 0 radical (unpaired) electrons. The highest BCUT2D eigenvalue weighted by molar-refractivity contribution is 5.87. The topological polar surface area (TPSA) is 40.5 Å². The van der Waals surface area contributed by atoms with E-state index in [1.807, 2.05) is 6.92 Å². The molecule has 3 nitrogen and oxygen atoms in total. The largest absolute Gasteiger partial charge is 0.478 e. The van der Waals surface area contributed by atoms with Gasteiger partial charge in [0.1, 0.15) is 0 Å². The Hall–Kier alpha value is -1.77. The zero-order valence-electron chi connectivity index (χ0n) is 12.6. The highest BCUT2D eigenvalue weighted by Gasteiger charge is 2.29. The van der Waals surface area contributed by atoms with Crippen molar-refractivity contribution in [3.8, 4) is 0 Å². The molecule has 0 aromatic heterocycles. The molecule has 0 bridgehead atoms. The molecular formula is C18H23NO2. The highest BCUT2D eigenvalue weighted by atomic mass is 16.4. The molecule has 0 heterocycles. The summed E-state index contributed by atoms with van der Waals surface area (Å²) in [5, 5.41) is 8.88. The van der Waals surface area contributed by atoms with Crippen molar-refractivity contribution in [1.82, 2.24) is 0 Å². The summed E-state index contributed by atoms with van der Waals surface area (Å²) in [4.78, 5) is 13.3. The van der Waals surface area contributed by atoms with Crippen molar-refractivity contribution >= 4 is 17.7 Å². The number of aryl methyl sites for hydroxylation is 1. The third kappa shape index (κ3) is 4.10. The SMILES string of the molecule is Cc1ccc(N(CC2CC2)CC2CC2)c(/C=C/C(=O)O)c1. The molecule has 0 aliphatic heterocycles. The number of nitrogens with zero attached hydrogens (tertiary/aromatic N) is 1. The van der Waals surface area contributed by atoms with Crippen LogP contribution in [0, 0.1) is 18.8 Å². The van der Waals surface area contributed by atoms with Crippen molar-refractivity contribution in [2.75, 3.05) is 18.0 Å². The lowest BCUT2D eigenvalue weighted by molar-refractivity contribution is -0.131. The van der Waals surface area contributed by atoms with Gasteiger partial charge >= 0.3 is 5.97 Å². The van der Waals surface area contributed by atoms with Gasteiger partial charge in [0.2, 0.25) is 0 Å². The molecule has 2 aliphatic carbocycles. The molecule has 0 spiro atoms. The highest BCUT2D eigenvalue weighted by Crippen LogP contribution is 2.37. The van der Waals surface area contributed by atoms with Crippen LogP contribution in [0.1, 0.15) is 36.8 Å². The smallest absolute Gasteiger partial charge is 0.328 e. The molecule has 21 heavy (non-hydrogen) atoms. The number of anilines is 1. The Morgan fingerprint density at radius 3 is 2.38 bits per heavy atom. The molecule has 1 N–H and O–H groups in total. The lowest BCUT2D eigenvalue weighted by atomic mass is 10.1. The van der Waals surface area contributed by atoms with E-state index in [9.17, 15) is 4.79 Å². The van der Waals surface area contributed by atoms with Gasteiger partial charge in [-0.3, -0.25) is 0 Å². The molecular weight excluding hydrogens is 262 g/mol. The minimum Gasteiger partial charge on any atom is -0.478 e. The van der Waals surface area contributed by atoms with Crippen LogP contribution < -0.4 is 4.90 Å². The summed E-state index contributed by atoms with van der Waals surface area (Å²) >= 11 is 0. The lowest BCUT2D eigenvalue weighted by Crippen LogP contribution is -2.28. The standard InChI is InChI=1S/C18H23NO2/c1-13-2-8-17(16(10-13)7-9-18(20)21)19(11-14-3-4-14)12-15-5-6-15/h2,7-10,14-15H,3-6,11-12H2,1H3,(H,20,21)/b9-7+. The van der Waals surface area contributed by atoms with Gasteiger partial charge < -0.3 is 10.0 Å². The van der Waals surface area contributed by atoms with Gasteiger partial charge in [-0.1, -0.05) is 11.6 Å². The van der Waals surface area contributed by atoms with Gasteiger partial charge in [0, 0.05) is 24.9 Å². The first-order valence-electron chi connectivity index (χ1n) is 7.88. The van der Waals surface area contributed by atoms with Gasteiger partial charge in [0.05, 0.1) is 0 Å². The Morgan fingerprint density at radius 2 is 1.86 bits per heavy atom. The maximum Gasteiger partial charge on any atom is 0.328 e. The third-order valence-electron chi connectivity index (χ3n) is 4.28. The van der Waals surface area contributed by atoms with E-state index in [2.05, 4.69) is 23.1 Å². The molecule has 2 fully saturated rings. The van der Waals surface area contributed by atoms with E-state index < -0.39 is 5.97 Å². The van der Waals surface area contributed by atoms with E-state index in [0.717, 1.165) is 30.5 Å². The summed E-state index contributed by atoms with van der Waals surface area (Å²) in [6.07, 6.45) is 8.34. The fourth-order valence-electron chi connectivity index (χ4n) is 2.75. The molecule has 1 aromatic carbocycles. The van der Waals surface area contributed by atoms with Gasteiger partial charge in [-0.15, -0.1) is 0 Å². The second-order valence-corrected chi connectivity index (χ2v) is 6.53. The molecule has 2 saturated carbocycles. The lowest BCUT2D eigenvalue weighted by Gasteiger charge is -2.27. The summed E-state index contributed by atoms with van der Waals surface area (Å²) in [6, 6.07) is 6.36. The van der Waals surface area contributed by atoms with Crippen LogP contribution in [-0.4, -0.2) is 24.2 Å². The molecule has 1 aromatic rings. The molecule has 0 amide bonds. The van der Waals surface area contributed by atoms with Crippen molar-refractivity contribution in [3.05, 3.63) is 35.4 Å². The van der Waals surface area contributed by atoms with Crippen LogP contribution in [0.2, 0.25) is 0 Å². The maximum absolute atomic E-state index is 10.8. The van der Waals surface area contributed by atoms with Crippen molar-refractivity contribution in [2.24, 2.45) is 11.8 Å². The van der Waals surface area contributed by atoms with E-state index in [1.54, 1.807) is 6.08 Å². The quantitative estimate of drug-likeness (QED) is 0.776. The van der Waals surface area contributed by atoms with Gasteiger partial charge in [-0.25, -0.2) is 4.79 Å². The van der Waals surface area contributed by atoms with Crippen LogP contribution in [-0.2, 0) is 4.79 Å². The van der Waals surface area contributed by atoms with Crippen LogP contribution in [0.3, 0.4) is 0 Å². The Bertz CT molecular complexity index is 542. The number of carbonyl (C=O) groups is 1. The Kier molecular flexibility index (Phi) is 4.00. The number of benzene rings is 1. The van der Waals surface area contributed by atoms with Crippen LogP contribution in [0.5, 0.6) is 0 Å². The molecule has 112 valence electrons. The zero-order chi connectivity index (χ0) is 14.8. The summed E-state index contributed by atoms with van der Waals surface area (Å²) < 4.78 is 0. The fourth-order valence-corrected chi connectivity index (χ4v) is 2.75. The first kappa shape index (κ1) is 14.2. The number of carboxylic acids is 1. The Labute approximate surface area is 126 Å². The van der Waals surface area contributed by atoms with Crippen molar-refractivity contribution in [1.29, 1.82) is 0 Å². The van der Waals surface area contributed by atoms with E-state index >= 15 is 0 Å². The number of carboxylic acid groups (broad SMARTS) is 1. The summed E-state index contributed by atoms with van der Waals surface area (Å²) in [6.45, 7) is 4.29. The Morgan fingerprint density at radius 1 is 1.24 bits per heavy atom.